The Balaban J connectivity index is 2.86. The first-order valence-electron chi connectivity index (χ1n) is 3.51. The molecule has 0 aromatic heterocycles. The van der Waals surface area contributed by atoms with Crippen LogP contribution in [0.4, 0.5) is 0 Å². The van der Waals surface area contributed by atoms with Crippen LogP contribution in [0.5, 0.6) is 5.75 Å². The summed E-state index contributed by atoms with van der Waals surface area (Å²) in [5, 5.41) is 9.32. The predicted octanol–water partition coefficient (Wildman–Crippen LogP) is 2.56. The monoisotopic (exact) mass is 168 g/mol. The van der Waals surface area contributed by atoms with Gasteiger partial charge in [-0.25, -0.2) is 0 Å². The molecule has 0 aliphatic rings. The van der Waals surface area contributed by atoms with Crippen LogP contribution in [0.25, 0.3) is 0 Å². The van der Waals surface area contributed by atoms with Gasteiger partial charge in [-0.1, -0.05) is 12.1 Å². The van der Waals surface area contributed by atoms with Crippen molar-refractivity contribution < 1.29 is 5.11 Å². The van der Waals surface area contributed by atoms with Gasteiger partial charge >= 0.3 is 0 Å². The van der Waals surface area contributed by atoms with Gasteiger partial charge in [0, 0.05) is 5.75 Å². The lowest BCUT2D eigenvalue weighted by Crippen LogP contribution is -1.80. The number of thioether (sulfide) groups is 1. The van der Waals surface area contributed by atoms with Crippen molar-refractivity contribution in [3.8, 4) is 5.75 Å². The van der Waals surface area contributed by atoms with Crippen molar-refractivity contribution in [1.82, 2.24) is 0 Å². The quantitative estimate of drug-likeness (QED) is 0.732. The molecular weight excluding hydrogens is 156 g/mol. The van der Waals surface area contributed by atoms with E-state index >= 15 is 0 Å². The molecule has 0 unspecified atom stereocenters. The maximum Gasteiger partial charge on any atom is 0.118 e. The Morgan fingerprint density at radius 3 is 2.73 bits per heavy atom. The molecule has 0 spiro atoms. The van der Waals surface area contributed by atoms with Crippen molar-refractivity contribution in [2.45, 2.75) is 12.7 Å². The first-order valence-corrected chi connectivity index (χ1v) is 4.91. The molecule has 11 heavy (non-hydrogen) atoms. The number of aromatic hydroxyl groups is 1. The summed E-state index contributed by atoms with van der Waals surface area (Å²) in [6, 6.07) is 5.82. The smallest absolute Gasteiger partial charge is 0.118 e. The van der Waals surface area contributed by atoms with Crippen LogP contribution in [0.15, 0.2) is 18.2 Å². The highest BCUT2D eigenvalue weighted by Gasteiger charge is 1.96. The minimum Gasteiger partial charge on any atom is -0.508 e. The molecule has 1 rings (SSSR count). The average Bonchev–Trinajstić information content (AvgIpc) is 1.98. The zero-order valence-electron chi connectivity index (χ0n) is 6.79. The fourth-order valence-corrected chi connectivity index (χ4v) is 1.42. The molecular formula is C9H12OS. The predicted molar refractivity (Wildman–Crippen MR) is 50.1 cm³/mol. The van der Waals surface area contributed by atoms with Crippen LogP contribution in [0.3, 0.4) is 0 Å². The topological polar surface area (TPSA) is 20.2 Å². The lowest BCUT2D eigenvalue weighted by atomic mass is 10.1. The van der Waals surface area contributed by atoms with Gasteiger partial charge in [0.25, 0.3) is 0 Å². The summed E-state index contributed by atoms with van der Waals surface area (Å²) in [6.45, 7) is 1.90. The number of hydrogen-bond donors (Lipinski definition) is 1. The van der Waals surface area contributed by atoms with Crippen LogP contribution in [0, 0.1) is 6.92 Å². The fourth-order valence-electron chi connectivity index (χ4n) is 0.911. The third kappa shape index (κ3) is 2.15. The van der Waals surface area contributed by atoms with Gasteiger partial charge in [-0.05, 0) is 30.4 Å². The molecule has 0 aliphatic carbocycles. The van der Waals surface area contributed by atoms with E-state index in [1.807, 2.05) is 25.1 Å². The highest BCUT2D eigenvalue weighted by atomic mass is 32.2. The molecule has 1 N–H and O–H groups in total. The Morgan fingerprint density at radius 1 is 1.45 bits per heavy atom. The number of aryl methyl sites for hydroxylation is 1. The molecule has 0 saturated heterocycles. The van der Waals surface area contributed by atoms with Crippen LogP contribution in [0.2, 0.25) is 0 Å². The third-order valence-electron chi connectivity index (χ3n) is 1.58. The van der Waals surface area contributed by atoms with Crippen LogP contribution >= 0.6 is 11.8 Å². The Labute approximate surface area is 71.4 Å². The van der Waals surface area contributed by atoms with Gasteiger partial charge in [-0.2, -0.15) is 11.8 Å². The van der Waals surface area contributed by atoms with Crippen molar-refractivity contribution >= 4 is 11.8 Å². The second-order valence-electron chi connectivity index (χ2n) is 2.55. The Hall–Kier alpha value is -0.630. The van der Waals surface area contributed by atoms with Crippen molar-refractivity contribution in [2.24, 2.45) is 0 Å². The van der Waals surface area contributed by atoms with Gasteiger partial charge in [-0.15, -0.1) is 0 Å². The summed E-state index contributed by atoms with van der Waals surface area (Å²) in [6.07, 6.45) is 2.05. The molecule has 0 saturated carbocycles. The van der Waals surface area contributed by atoms with Crippen LogP contribution < -0.4 is 0 Å². The van der Waals surface area contributed by atoms with E-state index in [-0.39, 0.29) is 0 Å². The number of rotatable bonds is 2. The molecule has 0 aliphatic heterocycles. The number of benzene rings is 1. The standard InChI is InChI=1S/C9H12OS/c1-7-3-4-8(6-11-2)5-9(7)10/h3-5,10H,6H2,1-2H3. The van der Waals surface area contributed by atoms with Crippen molar-refractivity contribution in [2.75, 3.05) is 6.26 Å². The Kier molecular flexibility index (Phi) is 2.83. The molecule has 0 heterocycles. The second kappa shape index (κ2) is 3.67. The third-order valence-corrected chi connectivity index (χ3v) is 2.21. The zero-order valence-corrected chi connectivity index (χ0v) is 7.61. The number of hydrogen-bond acceptors (Lipinski definition) is 2. The molecule has 60 valence electrons. The van der Waals surface area contributed by atoms with E-state index in [1.54, 1.807) is 11.8 Å². The van der Waals surface area contributed by atoms with Gasteiger partial charge in [0.1, 0.15) is 5.75 Å². The highest BCUT2D eigenvalue weighted by molar-refractivity contribution is 7.97. The largest absolute Gasteiger partial charge is 0.508 e. The molecule has 1 nitrogen and oxygen atoms in total. The normalized spacial score (nSPS) is 10.0. The fraction of sp³-hybridized carbons (Fsp3) is 0.333. The van der Waals surface area contributed by atoms with Gasteiger partial charge in [0.2, 0.25) is 0 Å². The van der Waals surface area contributed by atoms with Crippen LogP contribution in [-0.2, 0) is 5.75 Å². The highest BCUT2D eigenvalue weighted by Crippen LogP contribution is 2.19. The van der Waals surface area contributed by atoms with E-state index in [2.05, 4.69) is 6.26 Å². The summed E-state index contributed by atoms with van der Waals surface area (Å²) >= 11 is 1.76. The minimum atomic E-state index is 0.400. The lowest BCUT2D eigenvalue weighted by Gasteiger charge is -2.01. The summed E-state index contributed by atoms with van der Waals surface area (Å²) in [5.74, 6) is 1.37. The van der Waals surface area contributed by atoms with E-state index in [0.717, 1.165) is 11.3 Å². The molecule has 1 aromatic rings. The minimum absolute atomic E-state index is 0.400. The van der Waals surface area contributed by atoms with Crippen molar-refractivity contribution in [3.63, 3.8) is 0 Å². The van der Waals surface area contributed by atoms with E-state index in [4.69, 9.17) is 0 Å². The summed E-state index contributed by atoms with van der Waals surface area (Å²) in [5.41, 5.74) is 2.12. The van der Waals surface area contributed by atoms with Gasteiger partial charge in [-0.3, -0.25) is 0 Å². The second-order valence-corrected chi connectivity index (χ2v) is 3.42. The molecule has 0 bridgehead atoms. The molecule has 0 atom stereocenters. The summed E-state index contributed by atoms with van der Waals surface area (Å²) in [7, 11) is 0. The van der Waals surface area contributed by atoms with Crippen LogP contribution in [0.1, 0.15) is 11.1 Å². The van der Waals surface area contributed by atoms with E-state index in [0.29, 0.717) is 5.75 Å². The first-order chi connectivity index (χ1) is 5.24. The van der Waals surface area contributed by atoms with E-state index in [1.165, 1.54) is 5.56 Å². The van der Waals surface area contributed by atoms with Gasteiger partial charge in [0.15, 0.2) is 0 Å². The first kappa shape index (κ1) is 8.47. The Morgan fingerprint density at radius 2 is 2.18 bits per heavy atom. The SMILES string of the molecule is CSCc1ccc(C)c(O)c1. The zero-order chi connectivity index (χ0) is 8.27. The van der Waals surface area contributed by atoms with E-state index < -0.39 is 0 Å². The molecule has 0 amide bonds. The molecule has 1 aromatic carbocycles. The number of phenolic OH excluding ortho intramolecular Hbond substituents is 1. The van der Waals surface area contributed by atoms with Gasteiger partial charge in [0.05, 0.1) is 0 Å². The van der Waals surface area contributed by atoms with E-state index in [9.17, 15) is 5.11 Å². The van der Waals surface area contributed by atoms with Crippen molar-refractivity contribution in [3.05, 3.63) is 29.3 Å². The maximum absolute atomic E-state index is 9.32. The summed E-state index contributed by atoms with van der Waals surface area (Å²) in [4.78, 5) is 0. The van der Waals surface area contributed by atoms with Gasteiger partial charge < -0.3 is 5.11 Å². The lowest BCUT2D eigenvalue weighted by molar-refractivity contribution is 0.470. The molecule has 0 fully saturated rings. The average molecular weight is 168 g/mol. The molecule has 0 radical (unpaired) electrons. The van der Waals surface area contributed by atoms with Crippen LogP contribution in [-0.4, -0.2) is 11.4 Å². The Bertz CT molecular complexity index is 245. The number of phenols is 1. The van der Waals surface area contributed by atoms with Crippen molar-refractivity contribution in [1.29, 1.82) is 0 Å². The summed E-state index contributed by atoms with van der Waals surface area (Å²) < 4.78 is 0. The maximum atomic E-state index is 9.32. The molecule has 2 heteroatoms.